The van der Waals surface area contributed by atoms with E-state index < -0.39 is 0 Å². The largest absolute Gasteiger partial charge is 0.236 e. The summed E-state index contributed by atoms with van der Waals surface area (Å²) in [5.74, 6) is 0.808. The van der Waals surface area contributed by atoms with Gasteiger partial charge in [-0.15, -0.1) is 0 Å². The van der Waals surface area contributed by atoms with Crippen molar-refractivity contribution in [2.45, 2.75) is 38.2 Å². The lowest BCUT2D eigenvalue weighted by Crippen LogP contribution is -2.14. The highest BCUT2D eigenvalue weighted by Gasteiger charge is 2.30. The Kier molecular flexibility index (Phi) is 1.91. The SMILES string of the molecule is C1COOC2CCCC2C1. The van der Waals surface area contributed by atoms with Gasteiger partial charge in [0.25, 0.3) is 0 Å². The molecule has 0 radical (unpaired) electrons. The summed E-state index contributed by atoms with van der Waals surface area (Å²) in [6.07, 6.45) is 6.82. The fraction of sp³-hybridized carbons (Fsp3) is 1.00. The molecular weight excluding hydrogens is 128 g/mol. The molecule has 0 bridgehead atoms. The van der Waals surface area contributed by atoms with Crippen molar-refractivity contribution < 1.29 is 9.78 Å². The van der Waals surface area contributed by atoms with Crippen LogP contribution in [0.25, 0.3) is 0 Å². The molecular formula is C8H14O2. The first-order valence-corrected chi connectivity index (χ1v) is 4.25. The van der Waals surface area contributed by atoms with Crippen LogP contribution < -0.4 is 0 Å². The molecule has 2 unspecified atom stereocenters. The first kappa shape index (κ1) is 6.62. The molecule has 1 aliphatic heterocycles. The van der Waals surface area contributed by atoms with Gasteiger partial charge in [-0.3, -0.25) is 0 Å². The van der Waals surface area contributed by atoms with Gasteiger partial charge in [-0.05, 0) is 31.6 Å². The third-order valence-corrected chi connectivity index (χ3v) is 2.58. The van der Waals surface area contributed by atoms with Crippen LogP contribution in [0.4, 0.5) is 0 Å². The van der Waals surface area contributed by atoms with Crippen molar-refractivity contribution in [3.05, 3.63) is 0 Å². The second-order valence-electron chi connectivity index (χ2n) is 3.29. The van der Waals surface area contributed by atoms with E-state index >= 15 is 0 Å². The van der Waals surface area contributed by atoms with E-state index in [4.69, 9.17) is 9.78 Å². The summed E-state index contributed by atoms with van der Waals surface area (Å²) >= 11 is 0. The van der Waals surface area contributed by atoms with Gasteiger partial charge < -0.3 is 0 Å². The highest BCUT2D eigenvalue weighted by molar-refractivity contribution is 4.77. The summed E-state index contributed by atoms with van der Waals surface area (Å²) < 4.78 is 0. The summed E-state index contributed by atoms with van der Waals surface area (Å²) in [4.78, 5) is 10.2. The van der Waals surface area contributed by atoms with Crippen molar-refractivity contribution >= 4 is 0 Å². The minimum Gasteiger partial charge on any atom is -0.236 e. The normalized spacial score (nSPS) is 40.8. The van der Waals surface area contributed by atoms with Gasteiger partial charge in [-0.25, -0.2) is 9.78 Å². The Morgan fingerprint density at radius 3 is 2.90 bits per heavy atom. The molecule has 2 rings (SSSR count). The lowest BCUT2D eigenvalue weighted by atomic mass is 10.0. The zero-order valence-electron chi connectivity index (χ0n) is 6.21. The Morgan fingerprint density at radius 1 is 1.00 bits per heavy atom. The lowest BCUT2D eigenvalue weighted by Gasteiger charge is -2.12. The molecule has 0 aromatic carbocycles. The highest BCUT2D eigenvalue weighted by Crippen LogP contribution is 2.33. The zero-order chi connectivity index (χ0) is 6.81. The third-order valence-electron chi connectivity index (χ3n) is 2.58. The van der Waals surface area contributed by atoms with Crippen LogP contribution in [0.3, 0.4) is 0 Å². The summed E-state index contributed by atoms with van der Waals surface area (Å²) in [5, 5.41) is 0. The van der Waals surface area contributed by atoms with Crippen LogP contribution in [0.1, 0.15) is 32.1 Å². The van der Waals surface area contributed by atoms with Crippen LogP contribution in [0, 0.1) is 5.92 Å². The molecule has 2 fully saturated rings. The molecule has 1 aliphatic carbocycles. The van der Waals surface area contributed by atoms with E-state index in [1.165, 1.54) is 32.1 Å². The molecule has 1 saturated carbocycles. The van der Waals surface area contributed by atoms with Crippen molar-refractivity contribution in [2.75, 3.05) is 6.61 Å². The van der Waals surface area contributed by atoms with Crippen molar-refractivity contribution in [2.24, 2.45) is 5.92 Å². The van der Waals surface area contributed by atoms with Crippen LogP contribution in [0.2, 0.25) is 0 Å². The maximum atomic E-state index is 5.23. The van der Waals surface area contributed by atoms with E-state index in [0.29, 0.717) is 6.10 Å². The van der Waals surface area contributed by atoms with Crippen LogP contribution in [-0.4, -0.2) is 12.7 Å². The average Bonchev–Trinajstić information content (AvgIpc) is 2.28. The molecule has 58 valence electrons. The molecule has 2 aliphatic rings. The van der Waals surface area contributed by atoms with Gasteiger partial charge in [0.05, 0.1) is 12.7 Å². The summed E-state index contributed by atoms with van der Waals surface area (Å²) in [6, 6.07) is 0. The van der Waals surface area contributed by atoms with Crippen LogP contribution in [0.15, 0.2) is 0 Å². The second-order valence-corrected chi connectivity index (χ2v) is 3.29. The standard InChI is InChI=1S/C8H14O2/c1-3-7-4-2-6-9-10-8(7)5-1/h7-8H,1-6H2. The van der Waals surface area contributed by atoms with E-state index in [1.54, 1.807) is 0 Å². The predicted octanol–water partition coefficient (Wildman–Crippen LogP) is 1.90. The first-order valence-electron chi connectivity index (χ1n) is 4.25. The van der Waals surface area contributed by atoms with Gasteiger partial charge in [0, 0.05) is 0 Å². The maximum absolute atomic E-state index is 5.23. The Bertz CT molecular complexity index is 102. The summed E-state index contributed by atoms with van der Waals surface area (Å²) in [7, 11) is 0. The van der Waals surface area contributed by atoms with E-state index in [9.17, 15) is 0 Å². The summed E-state index contributed by atoms with van der Waals surface area (Å²) in [5.41, 5.74) is 0. The van der Waals surface area contributed by atoms with Crippen LogP contribution >= 0.6 is 0 Å². The molecule has 1 saturated heterocycles. The van der Waals surface area contributed by atoms with Gasteiger partial charge in [0.15, 0.2) is 0 Å². The summed E-state index contributed by atoms with van der Waals surface area (Å²) in [6.45, 7) is 0.799. The minimum atomic E-state index is 0.433. The molecule has 0 amide bonds. The maximum Gasteiger partial charge on any atom is 0.0958 e. The molecule has 1 heterocycles. The minimum absolute atomic E-state index is 0.433. The van der Waals surface area contributed by atoms with Crippen molar-refractivity contribution in [1.82, 2.24) is 0 Å². The molecule has 0 aromatic rings. The van der Waals surface area contributed by atoms with Crippen molar-refractivity contribution in [3.8, 4) is 0 Å². The fourth-order valence-electron chi connectivity index (χ4n) is 2.00. The van der Waals surface area contributed by atoms with E-state index in [0.717, 1.165) is 12.5 Å². The van der Waals surface area contributed by atoms with E-state index in [2.05, 4.69) is 0 Å². The Balaban J connectivity index is 1.95. The molecule has 2 nitrogen and oxygen atoms in total. The Hall–Kier alpha value is -0.0800. The van der Waals surface area contributed by atoms with E-state index in [1.807, 2.05) is 0 Å². The van der Waals surface area contributed by atoms with Crippen LogP contribution in [0.5, 0.6) is 0 Å². The number of rotatable bonds is 0. The molecule has 0 spiro atoms. The van der Waals surface area contributed by atoms with Crippen LogP contribution in [-0.2, 0) is 9.78 Å². The van der Waals surface area contributed by atoms with Crippen molar-refractivity contribution in [3.63, 3.8) is 0 Å². The lowest BCUT2D eigenvalue weighted by molar-refractivity contribution is -0.321. The average molecular weight is 142 g/mol. The molecule has 10 heavy (non-hydrogen) atoms. The second kappa shape index (κ2) is 2.89. The molecule has 2 atom stereocenters. The third kappa shape index (κ3) is 1.18. The quantitative estimate of drug-likeness (QED) is 0.481. The zero-order valence-corrected chi connectivity index (χ0v) is 6.21. The predicted molar refractivity (Wildman–Crippen MR) is 37.4 cm³/mol. The Morgan fingerprint density at radius 2 is 1.90 bits per heavy atom. The van der Waals surface area contributed by atoms with Gasteiger partial charge in [0.2, 0.25) is 0 Å². The number of hydrogen-bond acceptors (Lipinski definition) is 2. The molecule has 0 aromatic heterocycles. The first-order chi connectivity index (χ1) is 4.97. The fourth-order valence-corrected chi connectivity index (χ4v) is 2.00. The number of fused-ring (bicyclic) bond motifs is 1. The van der Waals surface area contributed by atoms with E-state index in [-0.39, 0.29) is 0 Å². The topological polar surface area (TPSA) is 18.5 Å². The Labute approximate surface area is 61.4 Å². The van der Waals surface area contributed by atoms with Gasteiger partial charge in [-0.1, -0.05) is 6.42 Å². The molecule has 0 N–H and O–H groups in total. The van der Waals surface area contributed by atoms with Gasteiger partial charge in [0.1, 0.15) is 0 Å². The van der Waals surface area contributed by atoms with Crippen molar-refractivity contribution in [1.29, 1.82) is 0 Å². The highest BCUT2D eigenvalue weighted by atomic mass is 17.2. The number of hydrogen-bond donors (Lipinski definition) is 0. The smallest absolute Gasteiger partial charge is 0.0958 e. The van der Waals surface area contributed by atoms with Gasteiger partial charge >= 0.3 is 0 Å². The monoisotopic (exact) mass is 142 g/mol. The molecule has 2 heteroatoms. The van der Waals surface area contributed by atoms with Gasteiger partial charge in [-0.2, -0.15) is 0 Å².